The second-order valence-corrected chi connectivity index (χ2v) is 4.13. The molecule has 0 radical (unpaired) electrons. The number of hydrogen-bond acceptors (Lipinski definition) is 3. The molecule has 0 aliphatic rings. The Balaban J connectivity index is 2.50. The molecule has 1 aromatic rings. The summed E-state index contributed by atoms with van der Waals surface area (Å²) in [4.78, 5) is 6.14. The van der Waals surface area contributed by atoms with Gasteiger partial charge in [-0.05, 0) is 24.8 Å². The zero-order chi connectivity index (χ0) is 9.68. The van der Waals surface area contributed by atoms with Crippen LogP contribution in [0.3, 0.4) is 0 Å². The molecular weight excluding hydrogens is 182 g/mol. The molecule has 1 heterocycles. The molecule has 1 aromatic heterocycles. The highest BCUT2D eigenvalue weighted by atomic mass is 32.1. The van der Waals surface area contributed by atoms with Crippen LogP contribution >= 0.6 is 11.3 Å². The third kappa shape index (κ3) is 3.19. The highest BCUT2D eigenvalue weighted by molar-refractivity contribution is 7.09. The van der Waals surface area contributed by atoms with Crippen molar-refractivity contribution in [2.75, 3.05) is 7.11 Å². The van der Waals surface area contributed by atoms with Crippen LogP contribution in [-0.2, 0) is 11.3 Å². The Bertz CT molecular complexity index is 266. The van der Waals surface area contributed by atoms with Crippen molar-refractivity contribution < 1.29 is 4.84 Å². The maximum Gasteiger partial charge on any atom is 0.106 e. The predicted octanol–water partition coefficient (Wildman–Crippen LogP) is 2.95. The lowest BCUT2D eigenvalue weighted by Gasteiger charge is -2.08. The largest absolute Gasteiger partial charge is 0.399 e. The molecule has 0 spiro atoms. The fourth-order valence-electron chi connectivity index (χ4n) is 1.11. The second-order valence-electron chi connectivity index (χ2n) is 3.10. The lowest BCUT2D eigenvalue weighted by atomic mass is 10.0. The van der Waals surface area contributed by atoms with Crippen LogP contribution in [0.5, 0.6) is 0 Å². The van der Waals surface area contributed by atoms with Crippen LogP contribution < -0.4 is 0 Å². The third-order valence-electron chi connectivity index (χ3n) is 2.04. The van der Waals surface area contributed by atoms with Crippen LogP contribution in [0.4, 0.5) is 0 Å². The predicted molar refractivity (Wildman–Crippen MR) is 57.3 cm³/mol. The lowest BCUT2D eigenvalue weighted by molar-refractivity contribution is 0.211. The minimum atomic E-state index is 0.457. The van der Waals surface area contributed by atoms with Crippen molar-refractivity contribution in [3.05, 3.63) is 22.4 Å². The molecule has 3 heteroatoms. The van der Waals surface area contributed by atoms with Gasteiger partial charge in [0.2, 0.25) is 0 Å². The first-order chi connectivity index (χ1) is 6.24. The van der Waals surface area contributed by atoms with Crippen molar-refractivity contribution >= 4 is 17.0 Å². The quantitative estimate of drug-likeness (QED) is 0.537. The van der Waals surface area contributed by atoms with Gasteiger partial charge < -0.3 is 4.84 Å². The van der Waals surface area contributed by atoms with E-state index >= 15 is 0 Å². The van der Waals surface area contributed by atoms with E-state index in [2.05, 4.69) is 29.6 Å². The zero-order valence-electron chi connectivity index (χ0n) is 8.28. The summed E-state index contributed by atoms with van der Waals surface area (Å²) in [5, 5.41) is 6.03. The molecule has 72 valence electrons. The van der Waals surface area contributed by atoms with E-state index in [9.17, 15) is 0 Å². The topological polar surface area (TPSA) is 21.6 Å². The van der Waals surface area contributed by atoms with Crippen LogP contribution in [0.1, 0.15) is 18.7 Å². The van der Waals surface area contributed by atoms with Crippen molar-refractivity contribution in [1.82, 2.24) is 0 Å². The number of hydrogen-bond donors (Lipinski definition) is 0. The minimum absolute atomic E-state index is 0.457. The summed E-state index contributed by atoms with van der Waals surface area (Å²) in [5.41, 5.74) is 1.05. The van der Waals surface area contributed by atoms with Gasteiger partial charge in [0.15, 0.2) is 0 Å². The van der Waals surface area contributed by atoms with Crippen molar-refractivity contribution in [2.24, 2.45) is 11.1 Å². The first-order valence-electron chi connectivity index (χ1n) is 4.34. The highest BCUT2D eigenvalue weighted by Gasteiger charge is 2.07. The molecule has 0 aliphatic carbocycles. The van der Waals surface area contributed by atoms with Crippen LogP contribution in [0.25, 0.3) is 0 Å². The van der Waals surface area contributed by atoms with E-state index in [1.165, 1.54) is 4.88 Å². The molecule has 0 amide bonds. The van der Waals surface area contributed by atoms with E-state index in [-0.39, 0.29) is 0 Å². The van der Waals surface area contributed by atoms with Gasteiger partial charge in [-0.25, -0.2) is 0 Å². The van der Waals surface area contributed by atoms with Gasteiger partial charge in [0, 0.05) is 10.8 Å². The third-order valence-corrected chi connectivity index (χ3v) is 2.93. The fourth-order valence-corrected chi connectivity index (χ4v) is 1.95. The summed E-state index contributed by atoms with van der Waals surface area (Å²) in [7, 11) is 1.58. The molecule has 0 saturated carbocycles. The molecule has 0 aliphatic heterocycles. The molecule has 0 aromatic carbocycles. The van der Waals surface area contributed by atoms with Crippen LogP contribution in [0, 0.1) is 5.92 Å². The Morgan fingerprint density at radius 1 is 1.69 bits per heavy atom. The number of nitrogens with zero attached hydrogens (tertiary/aromatic N) is 1. The summed E-state index contributed by atoms with van der Waals surface area (Å²) in [5.74, 6) is 0.457. The molecule has 0 bridgehead atoms. The van der Waals surface area contributed by atoms with Crippen molar-refractivity contribution in [1.29, 1.82) is 0 Å². The Labute approximate surface area is 83.2 Å². The molecular formula is C10H15NOS. The van der Waals surface area contributed by atoms with Crippen molar-refractivity contribution in [2.45, 2.75) is 20.3 Å². The van der Waals surface area contributed by atoms with Crippen molar-refractivity contribution in [3.8, 4) is 0 Å². The molecule has 13 heavy (non-hydrogen) atoms. The van der Waals surface area contributed by atoms with E-state index in [0.29, 0.717) is 5.92 Å². The Morgan fingerprint density at radius 3 is 3.00 bits per heavy atom. The summed E-state index contributed by atoms with van der Waals surface area (Å²) in [6.45, 7) is 4.17. The van der Waals surface area contributed by atoms with Gasteiger partial charge in [-0.1, -0.05) is 18.1 Å². The summed E-state index contributed by atoms with van der Waals surface area (Å²) >= 11 is 1.79. The minimum Gasteiger partial charge on any atom is -0.399 e. The Kier molecular flexibility index (Phi) is 3.96. The van der Waals surface area contributed by atoms with Gasteiger partial charge in [-0.3, -0.25) is 0 Å². The Morgan fingerprint density at radius 2 is 2.46 bits per heavy atom. The number of rotatable bonds is 4. The lowest BCUT2D eigenvalue weighted by Crippen LogP contribution is -2.09. The van der Waals surface area contributed by atoms with Gasteiger partial charge in [-0.15, -0.1) is 11.3 Å². The SMILES string of the molecule is CON=C(C)C(C)Cc1cccs1. The molecule has 0 saturated heterocycles. The molecule has 1 unspecified atom stereocenters. The fraction of sp³-hybridized carbons (Fsp3) is 0.500. The monoisotopic (exact) mass is 197 g/mol. The second kappa shape index (κ2) is 5.02. The van der Waals surface area contributed by atoms with Crippen molar-refractivity contribution in [3.63, 3.8) is 0 Å². The first-order valence-corrected chi connectivity index (χ1v) is 5.22. The maximum atomic E-state index is 4.74. The Hall–Kier alpha value is -0.830. The summed E-state index contributed by atoms with van der Waals surface area (Å²) in [6, 6.07) is 4.23. The first kappa shape index (κ1) is 10.3. The van der Waals surface area contributed by atoms with E-state index in [1.807, 2.05) is 6.92 Å². The van der Waals surface area contributed by atoms with Crippen LogP contribution in [-0.4, -0.2) is 12.8 Å². The summed E-state index contributed by atoms with van der Waals surface area (Å²) < 4.78 is 0. The smallest absolute Gasteiger partial charge is 0.106 e. The zero-order valence-corrected chi connectivity index (χ0v) is 9.10. The van der Waals surface area contributed by atoms with Gasteiger partial charge >= 0.3 is 0 Å². The van der Waals surface area contributed by atoms with Gasteiger partial charge in [0.1, 0.15) is 7.11 Å². The van der Waals surface area contributed by atoms with Crippen LogP contribution in [0.15, 0.2) is 22.7 Å². The molecule has 0 N–H and O–H groups in total. The number of thiophene rings is 1. The molecule has 0 fully saturated rings. The van der Waals surface area contributed by atoms with Gasteiger partial charge in [0.05, 0.1) is 5.71 Å². The number of oxime groups is 1. The summed E-state index contributed by atoms with van der Waals surface area (Å²) in [6.07, 6.45) is 1.05. The standard InChI is InChI=1S/C10H15NOS/c1-8(9(2)11-12-3)7-10-5-4-6-13-10/h4-6,8H,7H2,1-3H3. The normalized spacial score (nSPS) is 14.2. The highest BCUT2D eigenvalue weighted by Crippen LogP contribution is 2.15. The molecule has 2 nitrogen and oxygen atoms in total. The average molecular weight is 197 g/mol. The van der Waals surface area contributed by atoms with E-state index in [1.54, 1.807) is 18.4 Å². The van der Waals surface area contributed by atoms with E-state index in [0.717, 1.165) is 12.1 Å². The molecule has 1 atom stereocenters. The van der Waals surface area contributed by atoms with Gasteiger partial charge in [0.25, 0.3) is 0 Å². The molecule has 1 rings (SSSR count). The average Bonchev–Trinajstić information content (AvgIpc) is 2.57. The van der Waals surface area contributed by atoms with E-state index < -0.39 is 0 Å². The maximum absolute atomic E-state index is 4.74. The van der Waals surface area contributed by atoms with E-state index in [4.69, 9.17) is 4.84 Å². The van der Waals surface area contributed by atoms with Gasteiger partial charge in [-0.2, -0.15) is 0 Å². The van der Waals surface area contributed by atoms with Crippen LogP contribution in [0.2, 0.25) is 0 Å².